The molecule has 2 rings (SSSR count). The molecule has 5 nitrogen and oxygen atoms in total. The van der Waals surface area contributed by atoms with Crippen LogP contribution in [-0.2, 0) is 11.3 Å². The van der Waals surface area contributed by atoms with Crippen LogP contribution in [0.15, 0.2) is 18.7 Å². The SMILES string of the molecule is CCCCN(CC1CCCN1)C(=O)CCn1ccnc1. The van der Waals surface area contributed by atoms with Gasteiger partial charge in [-0.05, 0) is 25.8 Å². The molecule has 0 saturated carbocycles. The van der Waals surface area contributed by atoms with Crippen molar-refractivity contribution in [3.8, 4) is 0 Å². The molecule has 2 heterocycles. The third-order valence-corrected chi connectivity index (χ3v) is 3.88. The van der Waals surface area contributed by atoms with Crippen LogP contribution in [-0.4, -0.2) is 46.0 Å². The number of hydrogen-bond acceptors (Lipinski definition) is 3. The van der Waals surface area contributed by atoms with Gasteiger partial charge in [-0.3, -0.25) is 4.79 Å². The minimum atomic E-state index is 0.265. The van der Waals surface area contributed by atoms with Gasteiger partial charge in [0.15, 0.2) is 0 Å². The molecule has 0 aliphatic carbocycles. The molecule has 20 heavy (non-hydrogen) atoms. The van der Waals surface area contributed by atoms with E-state index in [2.05, 4.69) is 17.2 Å². The second-order valence-corrected chi connectivity index (χ2v) is 5.54. The van der Waals surface area contributed by atoms with Crippen molar-refractivity contribution in [3.63, 3.8) is 0 Å². The molecule has 0 spiro atoms. The number of amides is 1. The fourth-order valence-corrected chi connectivity index (χ4v) is 2.65. The summed E-state index contributed by atoms with van der Waals surface area (Å²) in [5.74, 6) is 0.265. The van der Waals surface area contributed by atoms with Crippen LogP contribution in [0.2, 0.25) is 0 Å². The predicted molar refractivity (Wildman–Crippen MR) is 79.4 cm³/mol. The zero-order valence-corrected chi connectivity index (χ0v) is 12.4. The summed E-state index contributed by atoms with van der Waals surface area (Å²) in [7, 11) is 0. The lowest BCUT2D eigenvalue weighted by molar-refractivity contribution is -0.131. The van der Waals surface area contributed by atoms with Crippen molar-refractivity contribution in [2.45, 2.75) is 51.6 Å². The molecule has 1 aliphatic heterocycles. The number of unbranched alkanes of at least 4 members (excludes halogenated alkanes) is 1. The van der Waals surface area contributed by atoms with Gasteiger partial charge in [-0.15, -0.1) is 0 Å². The standard InChI is InChI=1S/C15H26N4O/c1-2-3-9-19(12-14-5-4-7-17-14)15(20)6-10-18-11-8-16-13-18/h8,11,13-14,17H,2-7,9-10,12H2,1H3. The maximum absolute atomic E-state index is 12.4. The number of imidazole rings is 1. The molecular formula is C15H26N4O. The zero-order valence-electron chi connectivity index (χ0n) is 12.4. The van der Waals surface area contributed by atoms with E-state index in [1.165, 1.54) is 12.8 Å². The Morgan fingerprint density at radius 2 is 2.45 bits per heavy atom. The number of aromatic nitrogens is 2. The quantitative estimate of drug-likeness (QED) is 0.786. The van der Waals surface area contributed by atoms with Crippen molar-refractivity contribution >= 4 is 5.91 Å². The van der Waals surface area contributed by atoms with E-state index in [4.69, 9.17) is 0 Å². The van der Waals surface area contributed by atoms with Crippen LogP contribution in [0.3, 0.4) is 0 Å². The first-order valence-electron chi connectivity index (χ1n) is 7.76. The van der Waals surface area contributed by atoms with Crippen molar-refractivity contribution in [1.82, 2.24) is 19.8 Å². The van der Waals surface area contributed by atoms with Crippen LogP contribution in [0.5, 0.6) is 0 Å². The Bertz CT molecular complexity index is 385. The van der Waals surface area contributed by atoms with Gasteiger partial charge in [-0.25, -0.2) is 4.98 Å². The molecule has 0 bridgehead atoms. The molecule has 0 aromatic carbocycles. The summed E-state index contributed by atoms with van der Waals surface area (Å²) in [6, 6.07) is 0.490. The van der Waals surface area contributed by atoms with Gasteiger partial charge in [0.2, 0.25) is 5.91 Å². The lowest BCUT2D eigenvalue weighted by Gasteiger charge is -2.26. The number of hydrogen-bond donors (Lipinski definition) is 1. The molecule has 1 amide bonds. The van der Waals surface area contributed by atoms with Gasteiger partial charge in [0.05, 0.1) is 6.33 Å². The average molecular weight is 278 g/mol. The van der Waals surface area contributed by atoms with Crippen molar-refractivity contribution in [2.75, 3.05) is 19.6 Å². The zero-order chi connectivity index (χ0) is 14.2. The fourth-order valence-electron chi connectivity index (χ4n) is 2.65. The summed E-state index contributed by atoms with van der Waals surface area (Å²) in [6.45, 7) is 5.73. The molecule has 0 radical (unpaired) electrons. The second kappa shape index (κ2) is 8.04. The Hall–Kier alpha value is -1.36. The number of aryl methyl sites for hydroxylation is 1. The monoisotopic (exact) mass is 278 g/mol. The van der Waals surface area contributed by atoms with E-state index in [1.54, 1.807) is 12.5 Å². The van der Waals surface area contributed by atoms with Crippen molar-refractivity contribution in [1.29, 1.82) is 0 Å². The molecular weight excluding hydrogens is 252 g/mol. The van der Waals surface area contributed by atoms with Gasteiger partial charge >= 0.3 is 0 Å². The van der Waals surface area contributed by atoms with E-state index in [0.717, 1.165) is 39.0 Å². The van der Waals surface area contributed by atoms with Gasteiger partial charge in [-0.1, -0.05) is 13.3 Å². The third kappa shape index (κ3) is 4.63. The van der Waals surface area contributed by atoms with Gasteiger partial charge < -0.3 is 14.8 Å². The Morgan fingerprint density at radius 1 is 1.55 bits per heavy atom. The van der Waals surface area contributed by atoms with Gasteiger partial charge in [0.1, 0.15) is 0 Å². The van der Waals surface area contributed by atoms with Gasteiger partial charge in [0.25, 0.3) is 0 Å². The maximum Gasteiger partial charge on any atom is 0.224 e. The molecule has 1 unspecified atom stereocenters. The molecule has 112 valence electrons. The Labute approximate surface area is 121 Å². The first kappa shape index (κ1) is 15.0. The summed E-state index contributed by atoms with van der Waals surface area (Å²) in [5.41, 5.74) is 0. The maximum atomic E-state index is 12.4. The van der Waals surface area contributed by atoms with E-state index in [0.29, 0.717) is 12.5 Å². The Kier molecular flexibility index (Phi) is 6.05. The van der Waals surface area contributed by atoms with Crippen LogP contribution >= 0.6 is 0 Å². The van der Waals surface area contributed by atoms with Crippen LogP contribution in [0.1, 0.15) is 39.0 Å². The molecule has 1 aromatic heterocycles. The van der Waals surface area contributed by atoms with Crippen LogP contribution < -0.4 is 5.32 Å². The third-order valence-electron chi connectivity index (χ3n) is 3.88. The normalized spacial score (nSPS) is 18.4. The number of carbonyl (C=O) groups is 1. The summed E-state index contributed by atoms with van der Waals surface area (Å²) in [4.78, 5) is 18.4. The summed E-state index contributed by atoms with van der Waals surface area (Å²) in [5, 5.41) is 3.48. The molecule has 1 saturated heterocycles. The highest BCUT2D eigenvalue weighted by Gasteiger charge is 2.20. The second-order valence-electron chi connectivity index (χ2n) is 5.54. The van der Waals surface area contributed by atoms with Gasteiger partial charge in [-0.2, -0.15) is 0 Å². The van der Waals surface area contributed by atoms with E-state index >= 15 is 0 Å². The number of rotatable bonds is 8. The topological polar surface area (TPSA) is 50.2 Å². The Balaban J connectivity index is 1.81. The largest absolute Gasteiger partial charge is 0.341 e. The molecule has 5 heteroatoms. The van der Waals surface area contributed by atoms with Gasteiger partial charge in [0, 0.05) is 44.5 Å². The number of nitrogens with one attached hydrogen (secondary N) is 1. The van der Waals surface area contributed by atoms with Crippen molar-refractivity contribution < 1.29 is 4.79 Å². The lowest BCUT2D eigenvalue weighted by Crippen LogP contribution is -2.41. The van der Waals surface area contributed by atoms with E-state index in [9.17, 15) is 4.79 Å². The molecule has 1 N–H and O–H groups in total. The Morgan fingerprint density at radius 3 is 3.10 bits per heavy atom. The van der Waals surface area contributed by atoms with Crippen molar-refractivity contribution in [3.05, 3.63) is 18.7 Å². The highest BCUT2D eigenvalue weighted by atomic mass is 16.2. The molecule has 1 aliphatic rings. The average Bonchev–Trinajstić information content (AvgIpc) is 3.13. The summed E-state index contributed by atoms with van der Waals surface area (Å²) >= 11 is 0. The first-order chi connectivity index (χ1) is 9.79. The summed E-state index contributed by atoms with van der Waals surface area (Å²) in [6.07, 6.45) is 10.6. The molecule has 1 fully saturated rings. The number of carbonyl (C=O) groups excluding carboxylic acids is 1. The minimum Gasteiger partial charge on any atom is -0.341 e. The molecule has 1 aromatic rings. The highest BCUT2D eigenvalue weighted by Crippen LogP contribution is 2.09. The van der Waals surface area contributed by atoms with Crippen LogP contribution in [0, 0.1) is 0 Å². The van der Waals surface area contributed by atoms with E-state index in [-0.39, 0.29) is 5.91 Å². The smallest absolute Gasteiger partial charge is 0.224 e. The lowest BCUT2D eigenvalue weighted by atomic mass is 10.2. The summed E-state index contributed by atoms with van der Waals surface area (Å²) < 4.78 is 1.96. The predicted octanol–water partition coefficient (Wildman–Crippen LogP) is 1.65. The van der Waals surface area contributed by atoms with Crippen molar-refractivity contribution in [2.24, 2.45) is 0 Å². The van der Waals surface area contributed by atoms with Crippen LogP contribution in [0.4, 0.5) is 0 Å². The van der Waals surface area contributed by atoms with E-state index in [1.807, 2.05) is 15.7 Å². The highest BCUT2D eigenvalue weighted by molar-refractivity contribution is 5.76. The number of nitrogens with zero attached hydrogens (tertiary/aromatic N) is 3. The molecule has 1 atom stereocenters. The van der Waals surface area contributed by atoms with Crippen LogP contribution in [0.25, 0.3) is 0 Å². The fraction of sp³-hybridized carbons (Fsp3) is 0.733. The minimum absolute atomic E-state index is 0.265. The van der Waals surface area contributed by atoms with E-state index < -0.39 is 0 Å². The first-order valence-corrected chi connectivity index (χ1v) is 7.76.